The number of esters is 1. The van der Waals surface area contributed by atoms with Gasteiger partial charge in [0, 0.05) is 12.8 Å². The fraction of sp³-hybridized carbons (Fsp3) is 0.471. The third-order valence-corrected chi connectivity index (χ3v) is 6.92. The van der Waals surface area contributed by atoms with Gasteiger partial charge in [0.15, 0.2) is 6.04 Å². The van der Waals surface area contributed by atoms with Crippen LogP contribution in [0.15, 0.2) is 23.8 Å². The molecule has 0 bridgehead atoms. The van der Waals surface area contributed by atoms with Crippen molar-refractivity contribution in [3.8, 4) is 5.88 Å². The first kappa shape index (κ1) is 17.4. The van der Waals surface area contributed by atoms with Gasteiger partial charge >= 0.3 is 5.97 Å². The van der Waals surface area contributed by atoms with Gasteiger partial charge in [-0.25, -0.2) is 4.98 Å². The Morgan fingerprint density at radius 3 is 2.96 bits per heavy atom. The normalized spacial score (nSPS) is 21.7. The molecule has 1 aliphatic rings. The highest BCUT2D eigenvalue weighted by Gasteiger charge is 2.37. The molecule has 3 aromatic rings. The van der Waals surface area contributed by atoms with Gasteiger partial charge in [-0.3, -0.25) is 4.79 Å². The van der Waals surface area contributed by atoms with Gasteiger partial charge in [0.2, 0.25) is 10.8 Å². The molecule has 3 aromatic heterocycles. The molecule has 0 spiro atoms. The van der Waals surface area contributed by atoms with Crippen LogP contribution in [0.3, 0.4) is 0 Å². The highest BCUT2D eigenvalue weighted by Crippen LogP contribution is 2.36. The molecule has 1 saturated heterocycles. The molecule has 0 aliphatic carbocycles. The maximum Gasteiger partial charge on any atom is 0.309 e. The second-order valence-corrected chi connectivity index (χ2v) is 8.37. The molecule has 0 aromatic carbocycles. The monoisotopic (exact) mass is 393 g/mol. The van der Waals surface area contributed by atoms with Crippen LogP contribution in [0.25, 0.3) is 4.96 Å². The number of thiophene rings is 1. The van der Waals surface area contributed by atoms with Crippen molar-refractivity contribution >= 4 is 33.6 Å². The van der Waals surface area contributed by atoms with E-state index in [1.807, 2.05) is 13.0 Å². The highest BCUT2D eigenvalue weighted by atomic mass is 32.1. The van der Waals surface area contributed by atoms with Crippen LogP contribution in [0.4, 0.5) is 0 Å². The van der Waals surface area contributed by atoms with Crippen molar-refractivity contribution in [2.45, 2.75) is 25.8 Å². The average molecular weight is 394 g/mol. The van der Waals surface area contributed by atoms with E-state index in [-0.39, 0.29) is 23.8 Å². The molecule has 9 heteroatoms. The van der Waals surface area contributed by atoms with Gasteiger partial charge in [0.25, 0.3) is 0 Å². The van der Waals surface area contributed by atoms with Crippen molar-refractivity contribution in [3.63, 3.8) is 0 Å². The van der Waals surface area contributed by atoms with Crippen molar-refractivity contribution in [1.82, 2.24) is 14.6 Å². The number of carbonyl (C=O) groups excluding carboxylic acids is 1. The quantitative estimate of drug-likeness (QED) is 0.642. The van der Waals surface area contributed by atoms with Crippen LogP contribution in [0.2, 0.25) is 0 Å². The Labute approximate surface area is 158 Å². The minimum Gasteiger partial charge on any atom is -0.492 e. The second kappa shape index (κ2) is 7.34. The Bertz CT molecular complexity index is 881. The maximum atomic E-state index is 12.0. The molecule has 138 valence electrons. The number of hydrogen-bond acceptors (Lipinski definition) is 7. The van der Waals surface area contributed by atoms with Gasteiger partial charge in [-0.1, -0.05) is 17.4 Å². The Hall–Kier alpha value is -1.97. The van der Waals surface area contributed by atoms with Crippen LogP contribution in [-0.2, 0) is 9.53 Å². The number of fused-ring (bicyclic) bond motifs is 1. The lowest BCUT2D eigenvalue weighted by Gasteiger charge is -2.33. The number of carbonyl (C=O) groups is 1. The van der Waals surface area contributed by atoms with Crippen molar-refractivity contribution in [1.29, 1.82) is 0 Å². The van der Waals surface area contributed by atoms with E-state index in [1.54, 1.807) is 11.3 Å². The van der Waals surface area contributed by atoms with Gasteiger partial charge in [0.05, 0.1) is 30.5 Å². The van der Waals surface area contributed by atoms with Gasteiger partial charge in [-0.2, -0.15) is 9.61 Å². The molecule has 1 atom stereocenters. The molecule has 0 unspecified atom stereocenters. The molecule has 7 nitrogen and oxygen atoms in total. The molecule has 4 heterocycles. The summed E-state index contributed by atoms with van der Waals surface area (Å²) in [7, 11) is 0. The van der Waals surface area contributed by atoms with Crippen molar-refractivity contribution in [2.24, 2.45) is 5.92 Å². The lowest BCUT2D eigenvalue weighted by molar-refractivity contribution is -0.930. The number of nitrogens with zero attached hydrogens (tertiary/aromatic N) is 3. The Morgan fingerprint density at radius 1 is 1.50 bits per heavy atom. The Kier molecular flexibility index (Phi) is 4.92. The highest BCUT2D eigenvalue weighted by molar-refractivity contribution is 7.17. The fourth-order valence-electron chi connectivity index (χ4n) is 3.63. The van der Waals surface area contributed by atoms with E-state index in [1.165, 1.54) is 32.0 Å². The number of aromatic hydroxyl groups is 1. The molecule has 2 N–H and O–H groups in total. The van der Waals surface area contributed by atoms with Crippen LogP contribution < -0.4 is 4.90 Å². The van der Waals surface area contributed by atoms with Crippen molar-refractivity contribution < 1.29 is 19.5 Å². The van der Waals surface area contributed by atoms with Crippen LogP contribution >= 0.6 is 22.7 Å². The average Bonchev–Trinajstić information content (AvgIpc) is 3.37. The Morgan fingerprint density at radius 2 is 2.31 bits per heavy atom. The van der Waals surface area contributed by atoms with Gasteiger partial charge < -0.3 is 14.7 Å². The summed E-state index contributed by atoms with van der Waals surface area (Å²) in [5.41, 5.74) is 0. The van der Waals surface area contributed by atoms with Gasteiger partial charge in [-0.05, 0) is 18.4 Å². The fourth-order valence-corrected chi connectivity index (χ4v) is 5.70. The van der Waals surface area contributed by atoms with E-state index in [2.05, 4.69) is 21.5 Å². The first-order chi connectivity index (χ1) is 12.7. The number of quaternary nitrogens is 1. The zero-order valence-electron chi connectivity index (χ0n) is 14.4. The summed E-state index contributed by atoms with van der Waals surface area (Å²) in [5.74, 6) is 0.0698. The van der Waals surface area contributed by atoms with E-state index in [4.69, 9.17) is 4.74 Å². The molecule has 0 radical (unpaired) electrons. The van der Waals surface area contributed by atoms with Crippen LogP contribution in [0.1, 0.15) is 35.6 Å². The molecule has 0 saturated carbocycles. The summed E-state index contributed by atoms with van der Waals surface area (Å²) in [4.78, 5) is 20.4. The molecule has 1 aliphatic heterocycles. The SMILES string of the molecule is CCOC(=O)C1CC[NH+]([C@@H](c2cccs2)c2sc3ncnn3c2O)CC1. The standard InChI is InChI=1S/C17H20N4O3S2/c1-2-24-16(23)11-5-7-20(8-6-11)13(12-4-3-9-25-12)14-15(22)21-17(26-14)18-10-19-21/h3-4,9-11,13,22H,2,5-8H2,1H3/p+1/t13-/m0/s1. The van der Waals surface area contributed by atoms with E-state index in [9.17, 15) is 9.90 Å². The van der Waals surface area contributed by atoms with E-state index < -0.39 is 0 Å². The van der Waals surface area contributed by atoms with E-state index in [0.29, 0.717) is 11.6 Å². The third kappa shape index (κ3) is 3.10. The van der Waals surface area contributed by atoms with E-state index >= 15 is 0 Å². The first-order valence-corrected chi connectivity index (χ1v) is 10.4. The summed E-state index contributed by atoms with van der Waals surface area (Å²) in [6.45, 7) is 3.99. The minimum atomic E-state index is -0.0825. The molecular formula is C17H21N4O3S2+. The summed E-state index contributed by atoms with van der Waals surface area (Å²) in [6.07, 6.45) is 3.06. The minimum absolute atomic E-state index is 0.0152. The number of likely N-dealkylation sites (tertiary alicyclic amines) is 1. The summed E-state index contributed by atoms with van der Waals surface area (Å²) in [5, 5.41) is 16.8. The summed E-state index contributed by atoms with van der Waals surface area (Å²) in [6, 6.07) is 4.17. The predicted molar refractivity (Wildman–Crippen MR) is 98.7 cm³/mol. The molecule has 0 amide bonds. The first-order valence-electron chi connectivity index (χ1n) is 8.75. The number of piperidine rings is 1. The third-order valence-electron chi connectivity index (χ3n) is 4.88. The van der Waals surface area contributed by atoms with Gasteiger partial charge in [-0.15, -0.1) is 11.3 Å². The smallest absolute Gasteiger partial charge is 0.309 e. The number of ether oxygens (including phenoxy) is 1. The van der Waals surface area contributed by atoms with E-state index in [0.717, 1.165) is 30.8 Å². The zero-order chi connectivity index (χ0) is 18.1. The van der Waals surface area contributed by atoms with Crippen molar-refractivity contribution in [3.05, 3.63) is 33.6 Å². The lowest BCUT2D eigenvalue weighted by atomic mass is 9.95. The largest absolute Gasteiger partial charge is 0.492 e. The maximum absolute atomic E-state index is 12.0. The number of aromatic nitrogens is 3. The molecule has 4 rings (SSSR count). The molecular weight excluding hydrogens is 372 g/mol. The zero-order valence-corrected chi connectivity index (χ0v) is 16.1. The van der Waals surface area contributed by atoms with Crippen LogP contribution in [-0.4, -0.2) is 45.4 Å². The number of hydrogen-bond donors (Lipinski definition) is 2. The van der Waals surface area contributed by atoms with Crippen LogP contribution in [0.5, 0.6) is 5.88 Å². The summed E-state index contributed by atoms with van der Waals surface area (Å²) >= 11 is 3.17. The number of nitrogens with one attached hydrogen (secondary N) is 1. The lowest BCUT2D eigenvalue weighted by Crippen LogP contribution is -3.13. The number of rotatable bonds is 5. The van der Waals surface area contributed by atoms with Crippen LogP contribution in [0, 0.1) is 5.92 Å². The Balaban J connectivity index is 1.60. The molecule has 26 heavy (non-hydrogen) atoms. The van der Waals surface area contributed by atoms with Gasteiger partial charge in [0.1, 0.15) is 11.2 Å². The predicted octanol–water partition coefficient (Wildman–Crippen LogP) is 1.51. The topological polar surface area (TPSA) is 81.2 Å². The summed E-state index contributed by atoms with van der Waals surface area (Å²) < 4.78 is 6.67. The molecule has 1 fully saturated rings. The second-order valence-electron chi connectivity index (χ2n) is 6.38. The number of thiazole rings is 1. The van der Waals surface area contributed by atoms with Crippen molar-refractivity contribution in [2.75, 3.05) is 19.7 Å².